The molecule has 1 aliphatic heterocycles. The molecule has 148 valence electrons. The van der Waals surface area contributed by atoms with Crippen LogP contribution in [0.2, 0.25) is 0 Å². The number of hydrogen-bond acceptors (Lipinski definition) is 5. The molecule has 1 fully saturated rings. The van der Waals surface area contributed by atoms with Crippen molar-refractivity contribution in [1.29, 1.82) is 0 Å². The van der Waals surface area contributed by atoms with E-state index in [2.05, 4.69) is 4.90 Å². The van der Waals surface area contributed by atoms with Gasteiger partial charge in [-0.3, -0.25) is 0 Å². The molecule has 0 saturated carbocycles. The van der Waals surface area contributed by atoms with Crippen LogP contribution in [0.15, 0.2) is 24.3 Å². The zero-order valence-electron chi connectivity index (χ0n) is 15.4. The molecule has 8 heteroatoms. The second kappa shape index (κ2) is 10.9. The van der Waals surface area contributed by atoms with Gasteiger partial charge in [0.05, 0.1) is 25.6 Å². The lowest BCUT2D eigenvalue weighted by atomic mass is 10.1. The second-order valence-corrected chi connectivity index (χ2v) is 8.48. The first-order valence-corrected chi connectivity index (χ1v) is 10.6. The minimum absolute atomic E-state index is 0.0152. The van der Waals surface area contributed by atoms with Crippen molar-refractivity contribution >= 4 is 10.0 Å². The van der Waals surface area contributed by atoms with E-state index >= 15 is 0 Å². The molecule has 1 aliphatic rings. The predicted octanol–water partition coefficient (Wildman–Crippen LogP) is 1.37. The fourth-order valence-corrected chi connectivity index (χ4v) is 4.23. The van der Waals surface area contributed by atoms with Gasteiger partial charge in [-0.1, -0.05) is 12.1 Å². The maximum absolute atomic E-state index is 12.9. The van der Waals surface area contributed by atoms with Crippen LogP contribution in [0, 0.1) is 5.82 Å². The Labute approximate surface area is 155 Å². The maximum Gasteiger partial charge on any atom is 0.216 e. The van der Waals surface area contributed by atoms with Crippen LogP contribution in [-0.4, -0.2) is 83.0 Å². The summed E-state index contributed by atoms with van der Waals surface area (Å²) in [6.07, 6.45) is 1.88. The summed E-state index contributed by atoms with van der Waals surface area (Å²) in [5.74, 6) is -0.198. The minimum Gasteiger partial charge on any atom is -0.382 e. The molecule has 0 spiro atoms. The zero-order chi connectivity index (χ0) is 18.8. The molecule has 0 unspecified atom stereocenters. The summed E-state index contributed by atoms with van der Waals surface area (Å²) >= 11 is 0. The molecule has 1 aromatic carbocycles. The van der Waals surface area contributed by atoms with Gasteiger partial charge in [-0.15, -0.1) is 0 Å². The number of nitrogens with zero attached hydrogens (tertiary/aromatic N) is 2. The van der Waals surface area contributed by atoms with Crippen molar-refractivity contribution in [3.63, 3.8) is 0 Å². The molecule has 26 heavy (non-hydrogen) atoms. The average Bonchev–Trinajstić information content (AvgIpc) is 2.64. The number of ether oxygens (including phenoxy) is 2. The van der Waals surface area contributed by atoms with Crippen LogP contribution in [0.3, 0.4) is 0 Å². The Bertz CT molecular complexity index is 617. The molecular weight excluding hydrogens is 359 g/mol. The third-order valence-corrected chi connectivity index (χ3v) is 6.33. The SMILES string of the molecule is COCCOCCS(=O)(=O)N1CCN(CCCc2ccc(F)cc2)CC1. The van der Waals surface area contributed by atoms with Crippen LogP contribution < -0.4 is 0 Å². The monoisotopic (exact) mass is 388 g/mol. The van der Waals surface area contributed by atoms with Crippen molar-refractivity contribution in [2.24, 2.45) is 0 Å². The molecule has 0 radical (unpaired) electrons. The van der Waals surface area contributed by atoms with E-state index in [0.717, 1.165) is 38.0 Å². The highest BCUT2D eigenvalue weighted by atomic mass is 32.2. The summed E-state index contributed by atoms with van der Waals surface area (Å²) in [6, 6.07) is 6.60. The van der Waals surface area contributed by atoms with E-state index in [4.69, 9.17) is 9.47 Å². The number of benzene rings is 1. The van der Waals surface area contributed by atoms with Gasteiger partial charge in [0.15, 0.2) is 0 Å². The van der Waals surface area contributed by atoms with Gasteiger partial charge in [-0.05, 0) is 37.1 Å². The minimum atomic E-state index is -3.26. The smallest absolute Gasteiger partial charge is 0.216 e. The average molecular weight is 389 g/mol. The number of aryl methyl sites for hydroxylation is 1. The summed E-state index contributed by atoms with van der Waals surface area (Å²) in [7, 11) is -1.67. The highest BCUT2D eigenvalue weighted by Gasteiger charge is 2.26. The molecule has 2 rings (SSSR count). The molecule has 0 atom stereocenters. The van der Waals surface area contributed by atoms with Gasteiger partial charge in [-0.25, -0.2) is 12.8 Å². The summed E-state index contributed by atoms with van der Waals surface area (Å²) in [5, 5.41) is 0. The molecule has 0 N–H and O–H groups in total. The van der Waals surface area contributed by atoms with Gasteiger partial charge in [0, 0.05) is 33.3 Å². The number of hydrogen-bond donors (Lipinski definition) is 0. The lowest BCUT2D eigenvalue weighted by molar-refractivity contribution is 0.0779. The van der Waals surface area contributed by atoms with Gasteiger partial charge >= 0.3 is 0 Å². The Morgan fingerprint density at radius 1 is 1.04 bits per heavy atom. The van der Waals surface area contributed by atoms with E-state index in [9.17, 15) is 12.8 Å². The van der Waals surface area contributed by atoms with Crippen LogP contribution in [-0.2, 0) is 25.9 Å². The van der Waals surface area contributed by atoms with E-state index in [1.165, 1.54) is 12.1 Å². The van der Waals surface area contributed by atoms with Crippen molar-refractivity contribution < 1.29 is 22.3 Å². The first-order chi connectivity index (χ1) is 12.5. The van der Waals surface area contributed by atoms with Gasteiger partial charge in [-0.2, -0.15) is 4.31 Å². The second-order valence-electron chi connectivity index (χ2n) is 6.39. The quantitative estimate of drug-likeness (QED) is 0.536. The van der Waals surface area contributed by atoms with E-state index in [0.29, 0.717) is 26.3 Å². The number of rotatable bonds is 11. The van der Waals surface area contributed by atoms with Crippen LogP contribution in [0.5, 0.6) is 0 Å². The number of methoxy groups -OCH3 is 1. The Kier molecular flexibility index (Phi) is 8.94. The summed E-state index contributed by atoms with van der Waals surface area (Å²) in [5.41, 5.74) is 1.13. The number of piperazine rings is 1. The lowest BCUT2D eigenvalue weighted by Crippen LogP contribution is -2.49. The Morgan fingerprint density at radius 3 is 2.38 bits per heavy atom. The molecule has 6 nitrogen and oxygen atoms in total. The third kappa shape index (κ3) is 7.28. The largest absolute Gasteiger partial charge is 0.382 e. The van der Waals surface area contributed by atoms with Crippen molar-refractivity contribution in [2.75, 3.05) is 65.4 Å². The standard InChI is InChI=1S/C18H29FN2O4S/c1-24-13-14-25-15-16-26(22,23)21-11-9-20(10-12-21)8-2-3-17-4-6-18(19)7-5-17/h4-7H,2-3,8-16H2,1H3. The lowest BCUT2D eigenvalue weighted by Gasteiger charge is -2.34. The van der Waals surface area contributed by atoms with Gasteiger partial charge < -0.3 is 14.4 Å². The topological polar surface area (TPSA) is 59.1 Å². The number of halogens is 1. The third-order valence-electron chi connectivity index (χ3n) is 4.50. The van der Waals surface area contributed by atoms with Crippen LogP contribution in [0.4, 0.5) is 4.39 Å². The Morgan fingerprint density at radius 2 is 1.73 bits per heavy atom. The zero-order valence-corrected chi connectivity index (χ0v) is 16.2. The molecule has 1 aromatic rings. The van der Waals surface area contributed by atoms with Crippen LogP contribution in [0.1, 0.15) is 12.0 Å². The normalized spacial score (nSPS) is 16.8. The van der Waals surface area contributed by atoms with E-state index in [1.54, 1.807) is 11.4 Å². The fourth-order valence-electron chi connectivity index (χ4n) is 2.93. The van der Waals surface area contributed by atoms with Gasteiger partial charge in [0.25, 0.3) is 0 Å². The molecule has 0 aromatic heterocycles. The Hall–Kier alpha value is -1.06. The van der Waals surface area contributed by atoms with Gasteiger partial charge in [0.1, 0.15) is 5.82 Å². The fraction of sp³-hybridized carbons (Fsp3) is 0.667. The van der Waals surface area contributed by atoms with Crippen molar-refractivity contribution in [2.45, 2.75) is 12.8 Å². The molecule has 0 amide bonds. The highest BCUT2D eigenvalue weighted by Crippen LogP contribution is 2.10. The number of sulfonamides is 1. The maximum atomic E-state index is 12.9. The van der Waals surface area contributed by atoms with E-state index in [-0.39, 0.29) is 18.2 Å². The van der Waals surface area contributed by atoms with E-state index in [1.807, 2.05) is 12.1 Å². The van der Waals surface area contributed by atoms with E-state index < -0.39 is 10.0 Å². The first kappa shape index (κ1) is 21.2. The summed E-state index contributed by atoms with van der Waals surface area (Å²) in [4.78, 5) is 2.28. The molecule has 1 saturated heterocycles. The van der Waals surface area contributed by atoms with Crippen LogP contribution in [0.25, 0.3) is 0 Å². The van der Waals surface area contributed by atoms with Crippen molar-refractivity contribution in [3.8, 4) is 0 Å². The molecule has 0 aliphatic carbocycles. The summed E-state index contributed by atoms with van der Waals surface area (Å²) in [6.45, 7) is 4.54. The highest BCUT2D eigenvalue weighted by molar-refractivity contribution is 7.89. The summed E-state index contributed by atoms with van der Waals surface area (Å²) < 4.78 is 49.2. The molecule has 1 heterocycles. The molecular formula is C18H29FN2O4S. The van der Waals surface area contributed by atoms with Crippen molar-refractivity contribution in [1.82, 2.24) is 9.21 Å². The van der Waals surface area contributed by atoms with Crippen molar-refractivity contribution in [3.05, 3.63) is 35.6 Å². The van der Waals surface area contributed by atoms with Crippen LogP contribution >= 0.6 is 0 Å². The molecule has 0 bridgehead atoms. The Balaban J connectivity index is 1.63. The first-order valence-electron chi connectivity index (χ1n) is 9.02. The predicted molar refractivity (Wildman–Crippen MR) is 99.2 cm³/mol. The van der Waals surface area contributed by atoms with Gasteiger partial charge in [0.2, 0.25) is 10.0 Å².